The third-order valence-corrected chi connectivity index (χ3v) is 7.33. The van der Waals surface area contributed by atoms with Crippen molar-refractivity contribution in [1.29, 1.82) is 0 Å². The van der Waals surface area contributed by atoms with Crippen LogP contribution in [0, 0.1) is 0 Å². The number of aromatic nitrogens is 3. The lowest BCUT2D eigenvalue weighted by Crippen LogP contribution is -2.26. The summed E-state index contributed by atoms with van der Waals surface area (Å²) in [5.41, 5.74) is 2.95. The standard InChI is InChI=1S/C32H35N3O6S/c1-20(2)31(39)41-29(15-16-36)40-28(37)14-11-21-17-24(32(3,4)5)30(38)27(18-21)35-33-25-13-12-23(19-26(25)34-35)42-22-9-7-6-8-10-22/h6-10,12-13,17-19,29,36,38H,1,11,14-16H2,2-5H3. The van der Waals surface area contributed by atoms with Crippen LogP contribution in [0.2, 0.25) is 0 Å². The molecule has 4 rings (SSSR count). The van der Waals surface area contributed by atoms with E-state index >= 15 is 0 Å². The normalized spacial score (nSPS) is 12.2. The van der Waals surface area contributed by atoms with Crippen molar-refractivity contribution < 1.29 is 29.3 Å². The van der Waals surface area contributed by atoms with Gasteiger partial charge in [0.05, 0.1) is 6.61 Å². The van der Waals surface area contributed by atoms with Gasteiger partial charge in [0.15, 0.2) is 0 Å². The summed E-state index contributed by atoms with van der Waals surface area (Å²) in [6, 6.07) is 19.5. The fourth-order valence-electron chi connectivity index (χ4n) is 4.16. The van der Waals surface area contributed by atoms with Crippen molar-refractivity contribution in [2.75, 3.05) is 6.61 Å². The number of hydrogen-bond acceptors (Lipinski definition) is 9. The van der Waals surface area contributed by atoms with Gasteiger partial charge in [0, 0.05) is 33.8 Å². The number of carbonyl (C=O) groups excluding carboxylic acids is 2. The molecule has 1 heterocycles. The summed E-state index contributed by atoms with van der Waals surface area (Å²) in [6.45, 7) is 10.6. The zero-order valence-corrected chi connectivity index (χ0v) is 25.0. The highest BCUT2D eigenvalue weighted by Gasteiger charge is 2.24. The minimum absolute atomic E-state index is 0.0189. The van der Waals surface area contributed by atoms with Crippen molar-refractivity contribution in [3.8, 4) is 11.4 Å². The van der Waals surface area contributed by atoms with E-state index in [1.165, 1.54) is 11.7 Å². The summed E-state index contributed by atoms with van der Waals surface area (Å²) in [6.07, 6.45) is -0.993. The van der Waals surface area contributed by atoms with Gasteiger partial charge in [0.25, 0.3) is 0 Å². The van der Waals surface area contributed by atoms with Crippen molar-refractivity contribution in [3.63, 3.8) is 0 Å². The van der Waals surface area contributed by atoms with Gasteiger partial charge in [0.1, 0.15) is 22.5 Å². The third-order valence-electron chi connectivity index (χ3n) is 6.34. The van der Waals surface area contributed by atoms with Crippen LogP contribution in [0.3, 0.4) is 0 Å². The molecular weight excluding hydrogens is 554 g/mol. The molecule has 1 atom stereocenters. The van der Waals surface area contributed by atoms with Crippen LogP contribution in [-0.4, -0.2) is 50.0 Å². The molecule has 0 aliphatic rings. The van der Waals surface area contributed by atoms with E-state index in [4.69, 9.17) is 9.47 Å². The van der Waals surface area contributed by atoms with E-state index in [0.717, 1.165) is 15.4 Å². The molecule has 42 heavy (non-hydrogen) atoms. The van der Waals surface area contributed by atoms with Crippen LogP contribution in [0.15, 0.2) is 82.6 Å². The minimum Gasteiger partial charge on any atom is -0.505 e. The molecule has 10 heteroatoms. The summed E-state index contributed by atoms with van der Waals surface area (Å²) < 4.78 is 10.4. The number of ether oxygens (including phenoxy) is 2. The summed E-state index contributed by atoms with van der Waals surface area (Å²) in [7, 11) is 0. The number of aliphatic hydroxyl groups is 1. The lowest BCUT2D eigenvalue weighted by molar-refractivity contribution is -0.187. The van der Waals surface area contributed by atoms with Gasteiger partial charge in [-0.25, -0.2) is 4.79 Å². The van der Waals surface area contributed by atoms with E-state index in [1.54, 1.807) is 17.8 Å². The van der Waals surface area contributed by atoms with Gasteiger partial charge in [-0.3, -0.25) is 4.79 Å². The molecular formula is C32H35N3O6S. The van der Waals surface area contributed by atoms with Crippen molar-refractivity contribution in [3.05, 3.63) is 83.9 Å². The van der Waals surface area contributed by atoms with Crippen LogP contribution < -0.4 is 0 Å². The number of fused-ring (bicyclic) bond motifs is 1. The predicted molar refractivity (Wildman–Crippen MR) is 161 cm³/mol. The first-order valence-corrected chi connectivity index (χ1v) is 14.4. The Hall–Kier alpha value is -4.15. The maximum atomic E-state index is 12.6. The Morgan fingerprint density at radius 2 is 1.71 bits per heavy atom. The van der Waals surface area contributed by atoms with Gasteiger partial charge < -0.3 is 19.7 Å². The van der Waals surface area contributed by atoms with Crippen LogP contribution >= 0.6 is 11.8 Å². The van der Waals surface area contributed by atoms with Gasteiger partial charge in [-0.15, -0.1) is 15.0 Å². The van der Waals surface area contributed by atoms with Crippen molar-refractivity contribution in [1.82, 2.24) is 15.0 Å². The number of aromatic hydroxyl groups is 1. The highest BCUT2D eigenvalue weighted by Crippen LogP contribution is 2.37. The molecule has 2 N–H and O–H groups in total. The number of benzene rings is 3. The number of nitrogens with zero attached hydrogens (tertiary/aromatic N) is 3. The molecule has 0 amide bonds. The van der Waals surface area contributed by atoms with Gasteiger partial charge in [0.2, 0.25) is 6.29 Å². The summed E-state index contributed by atoms with van der Waals surface area (Å²) in [4.78, 5) is 28.0. The molecule has 9 nitrogen and oxygen atoms in total. The Labute approximate surface area is 249 Å². The van der Waals surface area contributed by atoms with Crippen molar-refractivity contribution in [2.45, 2.75) is 68.5 Å². The molecule has 0 fully saturated rings. The molecule has 1 unspecified atom stereocenters. The minimum atomic E-state index is -1.21. The molecule has 0 aliphatic carbocycles. The van der Waals surface area contributed by atoms with E-state index in [2.05, 4.69) is 16.8 Å². The number of rotatable bonds is 11. The van der Waals surface area contributed by atoms with Gasteiger partial charge in [-0.05, 0) is 60.7 Å². The number of aryl methyl sites for hydroxylation is 1. The zero-order valence-electron chi connectivity index (χ0n) is 24.2. The Morgan fingerprint density at radius 1 is 1.00 bits per heavy atom. The van der Waals surface area contributed by atoms with Crippen LogP contribution in [-0.2, 0) is 30.9 Å². The molecule has 0 saturated carbocycles. The number of carbonyl (C=O) groups is 2. The first-order chi connectivity index (χ1) is 19.9. The second-order valence-corrected chi connectivity index (χ2v) is 12.1. The molecule has 0 radical (unpaired) electrons. The maximum absolute atomic E-state index is 12.6. The molecule has 3 aromatic carbocycles. The highest BCUT2D eigenvalue weighted by atomic mass is 32.2. The number of esters is 2. The van der Waals surface area contributed by atoms with Crippen LogP contribution in [0.5, 0.6) is 5.75 Å². The average Bonchev–Trinajstić information content (AvgIpc) is 3.35. The van der Waals surface area contributed by atoms with E-state index in [9.17, 15) is 19.8 Å². The van der Waals surface area contributed by atoms with Crippen LogP contribution in [0.4, 0.5) is 0 Å². The number of phenolic OH excluding ortho intramolecular Hbond substituents is 1. The molecule has 0 aliphatic heterocycles. The van der Waals surface area contributed by atoms with Crippen LogP contribution in [0.1, 0.15) is 51.7 Å². The monoisotopic (exact) mass is 589 g/mol. The largest absolute Gasteiger partial charge is 0.505 e. The highest BCUT2D eigenvalue weighted by molar-refractivity contribution is 7.99. The Kier molecular flexibility index (Phi) is 9.70. The second kappa shape index (κ2) is 13.2. The maximum Gasteiger partial charge on any atom is 0.336 e. The van der Waals surface area contributed by atoms with Gasteiger partial charge >= 0.3 is 11.9 Å². The number of phenols is 1. The molecule has 4 aromatic rings. The van der Waals surface area contributed by atoms with Gasteiger partial charge in [-0.2, -0.15) is 0 Å². The number of aliphatic hydroxyl groups excluding tert-OH is 1. The SMILES string of the molecule is C=C(C)C(=O)OC(CCO)OC(=O)CCc1cc(-n2nc3ccc(Sc4ccccc4)cc3n2)c(O)c(C(C)(C)C)c1. The van der Waals surface area contributed by atoms with E-state index < -0.39 is 23.6 Å². The Bertz CT molecular complexity index is 1590. The van der Waals surface area contributed by atoms with E-state index in [1.807, 2.05) is 75.4 Å². The smallest absolute Gasteiger partial charge is 0.336 e. The summed E-state index contributed by atoms with van der Waals surface area (Å²) in [5.74, 6) is -1.24. The third kappa shape index (κ3) is 7.77. The lowest BCUT2D eigenvalue weighted by atomic mass is 9.84. The van der Waals surface area contributed by atoms with E-state index in [-0.39, 0.29) is 37.2 Å². The Morgan fingerprint density at radius 3 is 2.38 bits per heavy atom. The molecule has 0 spiro atoms. The first kappa shape index (κ1) is 30.8. The summed E-state index contributed by atoms with van der Waals surface area (Å²) >= 11 is 1.62. The Balaban J connectivity index is 1.58. The number of hydrogen-bond donors (Lipinski definition) is 2. The lowest BCUT2D eigenvalue weighted by Gasteiger charge is -2.23. The molecule has 220 valence electrons. The second-order valence-electron chi connectivity index (χ2n) is 10.9. The van der Waals surface area contributed by atoms with Crippen molar-refractivity contribution >= 4 is 34.7 Å². The zero-order chi connectivity index (χ0) is 30.4. The average molecular weight is 590 g/mol. The predicted octanol–water partition coefficient (Wildman–Crippen LogP) is 5.88. The quantitative estimate of drug-likeness (QED) is 0.125. The van der Waals surface area contributed by atoms with Gasteiger partial charge in [-0.1, -0.05) is 63.4 Å². The summed E-state index contributed by atoms with van der Waals surface area (Å²) in [5, 5.41) is 29.8. The van der Waals surface area contributed by atoms with Crippen LogP contribution in [0.25, 0.3) is 16.7 Å². The van der Waals surface area contributed by atoms with Crippen molar-refractivity contribution in [2.24, 2.45) is 0 Å². The van der Waals surface area contributed by atoms with E-state index in [0.29, 0.717) is 22.3 Å². The fourth-order valence-corrected chi connectivity index (χ4v) is 5.03. The fraction of sp³-hybridized carbons (Fsp3) is 0.312. The molecule has 0 saturated heterocycles. The topological polar surface area (TPSA) is 124 Å². The molecule has 0 bridgehead atoms. The first-order valence-electron chi connectivity index (χ1n) is 13.6. The molecule has 1 aromatic heterocycles.